The topological polar surface area (TPSA) is 35.0 Å². The Morgan fingerprint density at radius 2 is 1.46 bits per heavy atom. The first kappa shape index (κ1) is 22.3. The highest BCUT2D eigenvalue weighted by atomic mass is 19.1. The number of nitrogens with zero attached hydrogens (tertiary/aromatic N) is 2. The van der Waals surface area contributed by atoms with E-state index >= 15 is 0 Å². The highest BCUT2D eigenvalue weighted by Gasteiger charge is 2.08. The Labute approximate surface area is 169 Å². The molecular formula is C24H35FN2O. The van der Waals surface area contributed by atoms with Crippen molar-refractivity contribution in [1.29, 1.82) is 0 Å². The number of hydrogen-bond acceptors (Lipinski definition) is 3. The molecule has 0 aliphatic rings. The second kappa shape index (κ2) is 13.2. The van der Waals surface area contributed by atoms with Crippen LogP contribution >= 0.6 is 0 Å². The van der Waals surface area contributed by atoms with Gasteiger partial charge in [0.1, 0.15) is 0 Å². The quantitative estimate of drug-likeness (QED) is 0.323. The fraction of sp³-hybridized carbons (Fsp3) is 0.583. The van der Waals surface area contributed by atoms with Crippen LogP contribution in [0.4, 0.5) is 4.39 Å². The third kappa shape index (κ3) is 7.95. The molecule has 1 aromatic carbocycles. The van der Waals surface area contributed by atoms with Crippen molar-refractivity contribution in [3.63, 3.8) is 0 Å². The van der Waals surface area contributed by atoms with Gasteiger partial charge in [-0.15, -0.1) is 0 Å². The van der Waals surface area contributed by atoms with Gasteiger partial charge in [0.15, 0.2) is 17.4 Å². The lowest BCUT2D eigenvalue weighted by molar-refractivity contribution is 0.290. The summed E-state index contributed by atoms with van der Waals surface area (Å²) in [6, 6.07) is 4.97. The van der Waals surface area contributed by atoms with Gasteiger partial charge in [0.05, 0.1) is 6.61 Å². The maximum Gasteiger partial charge on any atom is 0.165 e. The minimum Gasteiger partial charge on any atom is -0.491 e. The van der Waals surface area contributed by atoms with Gasteiger partial charge in [-0.2, -0.15) is 0 Å². The standard InChI is InChI=1S/C24H35FN2O/c1-3-5-7-9-10-11-13-20-18-26-24(27-19-20)21-14-15-23(22(25)17-21)28-16-12-8-6-4-2/h14-15,17-19H,3-13,16H2,1-2H3. The summed E-state index contributed by atoms with van der Waals surface area (Å²) in [5.74, 6) is 0.507. The smallest absolute Gasteiger partial charge is 0.165 e. The molecule has 0 aliphatic carbocycles. The second-order valence-corrected chi connectivity index (χ2v) is 7.49. The van der Waals surface area contributed by atoms with Gasteiger partial charge in [-0.3, -0.25) is 0 Å². The van der Waals surface area contributed by atoms with Crippen molar-refractivity contribution in [2.45, 2.75) is 84.5 Å². The fourth-order valence-corrected chi connectivity index (χ4v) is 3.21. The molecule has 0 aliphatic heterocycles. The van der Waals surface area contributed by atoms with E-state index in [0.717, 1.165) is 24.8 Å². The predicted molar refractivity (Wildman–Crippen MR) is 114 cm³/mol. The number of hydrogen-bond donors (Lipinski definition) is 0. The van der Waals surface area contributed by atoms with Crippen LogP contribution in [0.2, 0.25) is 0 Å². The van der Waals surface area contributed by atoms with E-state index in [1.807, 2.05) is 18.5 Å². The Hall–Kier alpha value is -1.97. The number of unbranched alkanes of at least 4 members (excludes halogenated alkanes) is 8. The lowest BCUT2D eigenvalue weighted by atomic mass is 10.1. The zero-order chi connectivity index (χ0) is 20.0. The van der Waals surface area contributed by atoms with Crippen molar-refractivity contribution in [2.24, 2.45) is 0 Å². The van der Waals surface area contributed by atoms with Crippen molar-refractivity contribution in [3.05, 3.63) is 42.0 Å². The molecule has 0 N–H and O–H groups in total. The Morgan fingerprint density at radius 1 is 0.821 bits per heavy atom. The average molecular weight is 387 g/mol. The van der Waals surface area contributed by atoms with Gasteiger partial charge in [-0.05, 0) is 43.0 Å². The molecule has 28 heavy (non-hydrogen) atoms. The molecule has 0 spiro atoms. The first-order chi connectivity index (χ1) is 13.7. The van der Waals surface area contributed by atoms with E-state index in [2.05, 4.69) is 23.8 Å². The Kier molecular flexibility index (Phi) is 10.6. The van der Waals surface area contributed by atoms with Crippen molar-refractivity contribution in [3.8, 4) is 17.1 Å². The molecule has 0 amide bonds. The zero-order valence-corrected chi connectivity index (χ0v) is 17.6. The summed E-state index contributed by atoms with van der Waals surface area (Å²) in [4.78, 5) is 8.85. The van der Waals surface area contributed by atoms with E-state index in [9.17, 15) is 4.39 Å². The van der Waals surface area contributed by atoms with Crippen LogP contribution in [0, 0.1) is 5.82 Å². The summed E-state index contributed by atoms with van der Waals surface area (Å²) in [7, 11) is 0. The van der Waals surface area contributed by atoms with Crippen LogP contribution in [0.15, 0.2) is 30.6 Å². The molecule has 0 atom stereocenters. The van der Waals surface area contributed by atoms with E-state index in [1.165, 1.54) is 57.4 Å². The van der Waals surface area contributed by atoms with Crippen molar-refractivity contribution in [2.75, 3.05) is 6.61 Å². The summed E-state index contributed by atoms with van der Waals surface area (Å²) in [5.41, 5.74) is 1.83. The summed E-state index contributed by atoms with van der Waals surface area (Å²) >= 11 is 0. The van der Waals surface area contributed by atoms with E-state index in [-0.39, 0.29) is 5.82 Å². The average Bonchev–Trinajstić information content (AvgIpc) is 2.72. The number of benzene rings is 1. The van der Waals surface area contributed by atoms with Gasteiger partial charge in [-0.25, -0.2) is 14.4 Å². The fourth-order valence-electron chi connectivity index (χ4n) is 3.21. The second-order valence-electron chi connectivity index (χ2n) is 7.49. The Morgan fingerprint density at radius 3 is 2.14 bits per heavy atom. The van der Waals surface area contributed by atoms with E-state index in [0.29, 0.717) is 23.7 Å². The minimum absolute atomic E-state index is 0.306. The summed E-state index contributed by atoms with van der Waals surface area (Å²) in [5, 5.41) is 0. The monoisotopic (exact) mass is 386 g/mol. The molecule has 0 fully saturated rings. The van der Waals surface area contributed by atoms with E-state index < -0.39 is 0 Å². The lowest BCUT2D eigenvalue weighted by Crippen LogP contribution is -2.00. The molecule has 0 radical (unpaired) electrons. The molecule has 0 unspecified atom stereocenters. The maximum atomic E-state index is 14.3. The van der Waals surface area contributed by atoms with Gasteiger partial charge in [0.2, 0.25) is 0 Å². The van der Waals surface area contributed by atoms with E-state index in [4.69, 9.17) is 4.74 Å². The van der Waals surface area contributed by atoms with Crippen LogP contribution in [0.25, 0.3) is 11.4 Å². The molecule has 0 bridgehead atoms. The van der Waals surface area contributed by atoms with Crippen LogP contribution in [0.5, 0.6) is 5.75 Å². The first-order valence-electron chi connectivity index (χ1n) is 11.0. The van der Waals surface area contributed by atoms with Crippen molar-refractivity contribution in [1.82, 2.24) is 9.97 Å². The van der Waals surface area contributed by atoms with Crippen LogP contribution < -0.4 is 4.74 Å². The Balaban J connectivity index is 1.81. The normalized spacial score (nSPS) is 11.0. The molecule has 1 heterocycles. The van der Waals surface area contributed by atoms with Crippen LogP contribution in [0.3, 0.4) is 0 Å². The molecule has 1 aromatic heterocycles. The number of ether oxygens (including phenoxy) is 1. The van der Waals surface area contributed by atoms with Crippen LogP contribution in [-0.2, 0) is 6.42 Å². The SMILES string of the molecule is CCCCCCCCc1cnc(-c2ccc(OCCCCCC)c(F)c2)nc1. The van der Waals surface area contributed by atoms with Crippen LogP contribution in [0.1, 0.15) is 83.6 Å². The molecule has 2 aromatic rings. The molecule has 4 heteroatoms. The highest BCUT2D eigenvalue weighted by Crippen LogP contribution is 2.24. The molecule has 3 nitrogen and oxygen atoms in total. The van der Waals surface area contributed by atoms with E-state index in [1.54, 1.807) is 6.07 Å². The van der Waals surface area contributed by atoms with Crippen molar-refractivity contribution >= 4 is 0 Å². The molecule has 0 saturated heterocycles. The van der Waals surface area contributed by atoms with Gasteiger partial charge >= 0.3 is 0 Å². The van der Waals surface area contributed by atoms with Gasteiger partial charge < -0.3 is 4.74 Å². The van der Waals surface area contributed by atoms with Gasteiger partial charge in [0, 0.05) is 18.0 Å². The number of halogens is 1. The number of aromatic nitrogens is 2. The third-order valence-electron chi connectivity index (χ3n) is 4.97. The molecular weight excluding hydrogens is 351 g/mol. The zero-order valence-electron chi connectivity index (χ0n) is 17.6. The Bertz CT molecular complexity index is 673. The highest BCUT2D eigenvalue weighted by molar-refractivity contribution is 5.56. The predicted octanol–water partition coefficient (Wildman–Crippen LogP) is 7.14. The summed E-state index contributed by atoms with van der Waals surface area (Å²) in [6.45, 7) is 4.96. The molecule has 2 rings (SSSR count). The summed E-state index contributed by atoms with van der Waals surface area (Å²) < 4.78 is 19.9. The van der Waals surface area contributed by atoms with Gasteiger partial charge in [-0.1, -0.05) is 65.2 Å². The molecule has 154 valence electrons. The first-order valence-corrected chi connectivity index (χ1v) is 11.0. The lowest BCUT2D eigenvalue weighted by Gasteiger charge is -2.08. The largest absolute Gasteiger partial charge is 0.491 e. The maximum absolute atomic E-state index is 14.3. The minimum atomic E-state index is -0.354. The third-order valence-corrected chi connectivity index (χ3v) is 4.97. The molecule has 0 saturated carbocycles. The number of aryl methyl sites for hydroxylation is 1. The van der Waals surface area contributed by atoms with Crippen molar-refractivity contribution < 1.29 is 9.13 Å². The van der Waals surface area contributed by atoms with Gasteiger partial charge in [0.25, 0.3) is 0 Å². The number of rotatable bonds is 14. The van der Waals surface area contributed by atoms with Crippen LogP contribution in [-0.4, -0.2) is 16.6 Å². The summed E-state index contributed by atoms with van der Waals surface area (Å²) in [6.07, 6.45) is 16.9.